The van der Waals surface area contributed by atoms with E-state index in [-0.39, 0.29) is 18.3 Å². The van der Waals surface area contributed by atoms with Crippen molar-refractivity contribution in [2.75, 3.05) is 7.11 Å². The number of carbonyl (C=O) groups is 1. The fourth-order valence-corrected chi connectivity index (χ4v) is 0.375. The van der Waals surface area contributed by atoms with Crippen LogP contribution < -0.4 is 0 Å². The first kappa shape index (κ1) is 8.14. The summed E-state index contributed by atoms with van der Waals surface area (Å²) in [5.74, 6) is -0.719. The molecule has 3 nitrogen and oxygen atoms in total. The van der Waals surface area contributed by atoms with E-state index in [2.05, 4.69) is 4.74 Å². The van der Waals surface area contributed by atoms with Crippen LogP contribution in [0.1, 0.15) is 13.3 Å². The number of methoxy groups -OCH3 is 1. The van der Waals surface area contributed by atoms with Crippen molar-refractivity contribution in [1.29, 1.82) is 0 Å². The molecule has 1 atom stereocenters. The maximum absolute atomic E-state index is 10.4. The lowest BCUT2D eigenvalue weighted by atomic mass is 10.1. The van der Waals surface area contributed by atoms with Crippen LogP contribution in [0.25, 0.3) is 0 Å². The lowest BCUT2D eigenvalue weighted by Crippen LogP contribution is -2.07. The zero-order valence-electron chi connectivity index (χ0n) is 5.51. The maximum Gasteiger partial charge on any atom is 0.306 e. The van der Waals surface area contributed by atoms with Gasteiger partial charge in [-0.3, -0.25) is 9.59 Å². The van der Waals surface area contributed by atoms with Crippen molar-refractivity contribution in [1.82, 2.24) is 0 Å². The largest absolute Gasteiger partial charge is 0.469 e. The smallest absolute Gasteiger partial charge is 0.306 e. The molecule has 0 aromatic rings. The summed E-state index contributed by atoms with van der Waals surface area (Å²) < 4.78 is 4.30. The summed E-state index contributed by atoms with van der Waals surface area (Å²) in [5.41, 5.74) is 0. The van der Waals surface area contributed by atoms with E-state index < -0.39 is 0 Å². The van der Waals surface area contributed by atoms with Crippen LogP contribution >= 0.6 is 0 Å². The van der Waals surface area contributed by atoms with Crippen molar-refractivity contribution in [2.45, 2.75) is 13.3 Å². The third-order valence-corrected chi connectivity index (χ3v) is 0.902. The van der Waals surface area contributed by atoms with E-state index >= 15 is 0 Å². The van der Waals surface area contributed by atoms with E-state index in [1.807, 2.05) is 0 Å². The van der Waals surface area contributed by atoms with Crippen molar-refractivity contribution < 1.29 is 14.3 Å². The molecule has 0 heterocycles. The maximum atomic E-state index is 10.4. The van der Waals surface area contributed by atoms with E-state index in [4.69, 9.17) is 0 Å². The van der Waals surface area contributed by atoms with E-state index in [0.717, 1.165) is 0 Å². The van der Waals surface area contributed by atoms with Gasteiger partial charge in [0.2, 0.25) is 6.29 Å². The molecule has 0 aliphatic rings. The number of hydrogen-bond acceptors (Lipinski definition) is 3. The Morgan fingerprint density at radius 1 is 1.78 bits per heavy atom. The first-order chi connectivity index (χ1) is 4.20. The second-order valence-electron chi connectivity index (χ2n) is 1.80. The molecule has 1 radical (unpaired) electrons. The number of carbonyl (C=O) groups excluding carboxylic acids is 2. The van der Waals surface area contributed by atoms with Gasteiger partial charge < -0.3 is 4.74 Å². The van der Waals surface area contributed by atoms with E-state index in [0.29, 0.717) is 0 Å². The van der Waals surface area contributed by atoms with Crippen LogP contribution in [0.5, 0.6) is 0 Å². The summed E-state index contributed by atoms with van der Waals surface area (Å²) in [6.45, 7) is 1.62. The second kappa shape index (κ2) is 4.06. The third-order valence-electron chi connectivity index (χ3n) is 0.902. The van der Waals surface area contributed by atoms with Gasteiger partial charge in [0.05, 0.1) is 13.5 Å². The molecule has 0 aromatic heterocycles. The van der Waals surface area contributed by atoms with Crippen molar-refractivity contribution >= 4 is 12.3 Å². The molecule has 0 saturated carbocycles. The summed E-state index contributed by atoms with van der Waals surface area (Å²) in [6.07, 6.45) is 1.80. The molecule has 0 saturated heterocycles. The molecule has 0 aliphatic carbocycles. The molecule has 0 spiro atoms. The quantitative estimate of drug-likeness (QED) is 0.514. The van der Waals surface area contributed by atoms with Crippen molar-refractivity contribution in [3.05, 3.63) is 0 Å². The topological polar surface area (TPSA) is 43.4 Å². The highest BCUT2D eigenvalue weighted by Crippen LogP contribution is 1.97. The fraction of sp³-hybridized carbons (Fsp3) is 0.667. The fourth-order valence-electron chi connectivity index (χ4n) is 0.375. The van der Waals surface area contributed by atoms with Crippen LogP contribution in [-0.4, -0.2) is 19.4 Å². The number of rotatable bonds is 3. The molecule has 0 fully saturated rings. The van der Waals surface area contributed by atoms with Crippen molar-refractivity contribution in [3.63, 3.8) is 0 Å². The standard InChI is InChI=1S/C6H9O3/c1-5(4-7)3-6(8)9-2/h5H,3H2,1-2H3. The average molecular weight is 129 g/mol. The predicted octanol–water partition coefficient (Wildman–Crippen LogP) is 0.295. The first-order valence-electron chi connectivity index (χ1n) is 2.65. The number of esters is 1. The van der Waals surface area contributed by atoms with E-state index in [1.54, 1.807) is 13.2 Å². The molecule has 1 unspecified atom stereocenters. The van der Waals surface area contributed by atoms with Crippen LogP contribution in [0, 0.1) is 5.92 Å². The van der Waals surface area contributed by atoms with E-state index in [1.165, 1.54) is 7.11 Å². The minimum absolute atomic E-state index is 0.125. The van der Waals surface area contributed by atoms with Crippen LogP contribution in [0.3, 0.4) is 0 Å². The number of hydrogen-bond donors (Lipinski definition) is 0. The Morgan fingerprint density at radius 3 is 2.67 bits per heavy atom. The molecule has 3 heteroatoms. The van der Waals surface area contributed by atoms with Crippen molar-refractivity contribution in [3.8, 4) is 0 Å². The Bertz CT molecular complexity index is 109. The van der Waals surface area contributed by atoms with Crippen LogP contribution in [0.4, 0.5) is 0 Å². The molecule has 0 amide bonds. The Balaban J connectivity index is 3.46. The SMILES string of the molecule is COC(=O)CC(C)[C]=O. The second-order valence-corrected chi connectivity index (χ2v) is 1.80. The Morgan fingerprint density at radius 2 is 2.33 bits per heavy atom. The molecule has 0 bridgehead atoms. The van der Waals surface area contributed by atoms with Crippen LogP contribution in [-0.2, 0) is 14.3 Å². The Labute approximate surface area is 54.0 Å². The molecule has 51 valence electrons. The third kappa shape index (κ3) is 3.70. The molecule has 0 aromatic carbocycles. The van der Waals surface area contributed by atoms with Gasteiger partial charge in [-0.25, -0.2) is 0 Å². The van der Waals surface area contributed by atoms with Crippen molar-refractivity contribution in [2.24, 2.45) is 5.92 Å². The zero-order valence-corrected chi connectivity index (χ0v) is 5.51. The van der Waals surface area contributed by atoms with Gasteiger partial charge >= 0.3 is 5.97 Å². The Hall–Kier alpha value is -0.860. The zero-order chi connectivity index (χ0) is 7.28. The number of ether oxygens (including phenoxy) is 1. The predicted molar refractivity (Wildman–Crippen MR) is 31.5 cm³/mol. The van der Waals surface area contributed by atoms with Gasteiger partial charge in [0.15, 0.2) is 0 Å². The molecule has 0 N–H and O–H groups in total. The summed E-state index contributed by atoms with van der Waals surface area (Å²) in [6, 6.07) is 0. The molecule has 0 rings (SSSR count). The van der Waals surface area contributed by atoms with Crippen LogP contribution in [0.15, 0.2) is 0 Å². The van der Waals surface area contributed by atoms with Gasteiger partial charge in [-0.15, -0.1) is 0 Å². The highest BCUT2D eigenvalue weighted by molar-refractivity contribution is 5.73. The van der Waals surface area contributed by atoms with Gasteiger partial charge in [-0.2, -0.15) is 0 Å². The highest BCUT2D eigenvalue weighted by atomic mass is 16.5. The van der Waals surface area contributed by atoms with Gasteiger partial charge in [0, 0.05) is 5.92 Å². The normalized spacial score (nSPS) is 12.2. The molecular weight excluding hydrogens is 120 g/mol. The van der Waals surface area contributed by atoms with Crippen LogP contribution in [0.2, 0.25) is 0 Å². The lowest BCUT2D eigenvalue weighted by Gasteiger charge is -1.98. The Kier molecular flexibility index (Phi) is 3.67. The lowest BCUT2D eigenvalue weighted by molar-refractivity contribution is -0.141. The summed E-state index contributed by atoms with van der Waals surface area (Å²) >= 11 is 0. The molecule has 9 heavy (non-hydrogen) atoms. The summed E-state index contributed by atoms with van der Waals surface area (Å²) in [4.78, 5) is 20.2. The highest BCUT2D eigenvalue weighted by Gasteiger charge is 2.07. The monoisotopic (exact) mass is 129 g/mol. The first-order valence-corrected chi connectivity index (χ1v) is 2.65. The van der Waals surface area contributed by atoms with Gasteiger partial charge in [0.1, 0.15) is 0 Å². The molecule has 0 aliphatic heterocycles. The van der Waals surface area contributed by atoms with E-state index in [9.17, 15) is 9.59 Å². The minimum Gasteiger partial charge on any atom is -0.469 e. The van der Waals surface area contributed by atoms with Gasteiger partial charge in [0.25, 0.3) is 0 Å². The average Bonchev–Trinajstić information content (AvgIpc) is 1.87. The summed E-state index contributed by atoms with van der Waals surface area (Å²) in [7, 11) is 1.29. The van der Waals surface area contributed by atoms with Gasteiger partial charge in [-0.05, 0) is 0 Å². The summed E-state index contributed by atoms with van der Waals surface area (Å²) in [5, 5.41) is 0. The molecular formula is C6H9O3. The minimum atomic E-state index is -0.370. The van der Waals surface area contributed by atoms with Gasteiger partial charge in [-0.1, -0.05) is 6.92 Å².